The number of likely N-dealkylation sites (tertiary alicyclic amines) is 1. The first-order valence-corrected chi connectivity index (χ1v) is 11.6. The van der Waals surface area contributed by atoms with Gasteiger partial charge in [-0.15, -0.1) is 11.3 Å². The molecule has 0 atom stereocenters. The normalized spacial score (nSPS) is 14.2. The number of halogens is 1. The van der Waals surface area contributed by atoms with Crippen molar-refractivity contribution < 1.29 is 23.6 Å². The van der Waals surface area contributed by atoms with Crippen LogP contribution in [0.15, 0.2) is 36.4 Å². The van der Waals surface area contributed by atoms with Gasteiger partial charge in [-0.25, -0.2) is 4.39 Å². The average Bonchev–Trinajstić information content (AvgIpc) is 3.23. The lowest BCUT2D eigenvalue weighted by molar-refractivity contribution is -0.126. The standard InChI is InChI=1S/C24H27FN2O4S/c1-16-6-10-22(32-16)21(29)9-7-18(28)8-11-23(30)26-17-12-14-27(15-13-17)24(31)19-4-2-3-5-20(19)25/h2-6,10,17H,7-9,11-15H2,1H3,(H,26,30). The summed E-state index contributed by atoms with van der Waals surface area (Å²) >= 11 is 1.42. The van der Waals surface area contributed by atoms with E-state index in [0.717, 1.165) is 4.88 Å². The zero-order chi connectivity index (χ0) is 23.1. The molecule has 1 aliphatic heterocycles. The molecular weight excluding hydrogens is 431 g/mol. The van der Waals surface area contributed by atoms with Gasteiger partial charge < -0.3 is 10.2 Å². The maximum atomic E-state index is 13.8. The number of piperidine rings is 1. The minimum Gasteiger partial charge on any atom is -0.353 e. The third-order valence-corrected chi connectivity index (χ3v) is 6.57. The molecule has 6 nitrogen and oxygen atoms in total. The molecule has 0 radical (unpaired) electrons. The number of rotatable bonds is 9. The van der Waals surface area contributed by atoms with Crippen LogP contribution in [-0.2, 0) is 9.59 Å². The molecule has 1 saturated heterocycles. The molecule has 0 aliphatic carbocycles. The molecule has 0 bridgehead atoms. The minimum absolute atomic E-state index is 0.0439. The van der Waals surface area contributed by atoms with Gasteiger partial charge in [0.05, 0.1) is 10.4 Å². The number of Topliss-reactive ketones (excluding diaryl/α,β-unsaturated/α-hetero) is 2. The lowest BCUT2D eigenvalue weighted by atomic mass is 10.0. The van der Waals surface area contributed by atoms with Crippen molar-refractivity contribution in [3.8, 4) is 0 Å². The van der Waals surface area contributed by atoms with Crippen LogP contribution in [0.3, 0.4) is 0 Å². The molecule has 0 spiro atoms. The second-order valence-electron chi connectivity index (χ2n) is 7.99. The summed E-state index contributed by atoms with van der Waals surface area (Å²) in [6, 6.07) is 9.48. The van der Waals surface area contributed by atoms with Crippen molar-refractivity contribution in [1.82, 2.24) is 10.2 Å². The van der Waals surface area contributed by atoms with Crippen LogP contribution in [-0.4, -0.2) is 47.4 Å². The largest absolute Gasteiger partial charge is 0.353 e. The third kappa shape index (κ3) is 6.56. The fraction of sp³-hybridized carbons (Fsp3) is 0.417. The lowest BCUT2D eigenvalue weighted by Gasteiger charge is -2.32. The summed E-state index contributed by atoms with van der Waals surface area (Å²) in [6.45, 7) is 2.79. The smallest absolute Gasteiger partial charge is 0.256 e. The van der Waals surface area contributed by atoms with Crippen molar-refractivity contribution in [1.29, 1.82) is 0 Å². The number of thiophene rings is 1. The van der Waals surface area contributed by atoms with Crippen molar-refractivity contribution in [2.45, 2.75) is 51.5 Å². The van der Waals surface area contributed by atoms with E-state index >= 15 is 0 Å². The zero-order valence-corrected chi connectivity index (χ0v) is 18.9. The van der Waals surface area contributed by atoms with Gasteiger partial charge in [-0.05, 0) is 44.0 Å². The van der Waals surface area contributed by atoms with Gasteiger partial charge in [0.2, 0.25) is 5.91 Å². The van der Waals surface area contributed by atoms with Crippen molar-refractivity contribution in [3.05, 3.63) is 57.5 Å². The Hall–Kier alpha value is -2.87. The van der Waals surface area contributed by atoms with Gasteiger partial charge >= 0.3 is 0 Å². The Balaban J connectivity index is 1.34. The molecule has 8 heteroatoms. The van der Waals surface area contributed by atoms with E-state index < -0.39 is 5.82 Å². The lowest BCUT2D eigenvalue weighted by Crippen LogP contribution is -2.46. The highest BCUT2D eigenvalue weighted by atomic mass is 32.1. The Kier molecular flexibility index (Phi) is 8.27. The first-order chi connectivity index (χ1) is 15.3. The summed E-state index contributed by atoms with van der Waals surface area (Å²) < 4.78 is 13.8. The van der Waals surface area contributed by atoms with Gasteiger partial charge in [0.15, 0.2) is 5.78 Å². The number of amides is 2. The van der Waals surface area contributed by atoms with Gasteiger partial charge in [-0.1, -0.05) is 12.1 Å². The molecule has 0 saturated carbocycles. The second kappa shape index (κ2) is 11.1. The molecular formula is C24H27FN2O4S. The van der Waals surface area contributed by atoms with Gasteiger partial charge in [0, 0.05) is 49.7 Å². The topological polar surface area (TPSA) is 83.6 Å². The predicted octanol–water partition coefficient (Wildman–Crippen LogP) is 3.93. The van der Waals surface area contributed by atoms with Gasteiger partial charge in [-0.2, -0.15) is 0 Å². The predicted molar refractivity (Wildman–Crippen MR) is 120 cm³/mol. The third-order valence-electron chi connectivity index (χ3n) is 5.53. The molecule has 170 valence electrons. The molecule has 1 N–H and O–H groups in total. The van der Waals surface area contributed by atoms with Crippen molar-refractivity contribution in [3.63, 3.8) is 0 Å². The Morgan fingerprint density at radius 1 is 1.00 bits per heavy atom. The Morgan fingerprint density at radius 2 is 1.69 bits per heavy atom. The Labute approximate surface area is 190 Å². The van der Waals surface area contributed by atoms with Gasteiger partial charge in [0.25, 0.3) is 5.91 Å². The highest BCUT2D eigenvalue weighted by molar-refractivity contribution is 7.14. The molecule has 1 aliphatic rings. The summed E-state index contributed by atoms with van der Waals surface area (Å²) in [7, 11) is 0. The van der Waals surface area contributed by atoms with E-state index in [-0.39, 0.29) is 60.7 Å². The number of benzene rings is 1. The fourth-order valence-corrected chi connectivity index (χ4v) is 4.51. The number of carbonyl (C=O) groups is 4. The van der Waals surface area contributed by atoms with E-state index in [0.29, 0.717) is 30.8 Å². The molecule has 0 unspecified atom stereocenters. The van der Waals surface area contributed by atoms with Crippen LogP contribution in [0.4, 0.5) is 4.39 Å². The Bertz CT molecular complexity index is 995. The van der Waals surface area contributed by atoms with E-state index in [4.69, 9.17) is 0 Å². The van der Waals surface area contributed by atoms with E-state index in [9.17, 15) is 23.6 Å². The van der Waals surface area contributed by atoms with Crippen LogP contribution in [0.5, 0.6) is 0 Å². The quantitative estimate of drug-likeness (QED) is 0.577. The monoisotopic (exact) mass is 458 g/mol. The van der Waals surface area contributed by atoms with Crippen molar-refractivity contribution in [2.24, 2.45) is 0 Å². The maximum absolute atomic E-state index is 13.8. The highest BCUT2D eigenvalue weighted by Crippen LogP contribution is 2.18. The first kappa shape index (κ1) is 23.8. The summed E-state index contributed by atoms with van der Waals surface area (Å²) in [5.41, 5.74) is 0.0567. The van der Waals surface area contributed by atoms with E-state index in [2.05, 4.69) is 5.32 Å². The molecule has 2 amide bonds. The number of carbonyl (C=O) groups excluding carboxylic acids is 4. The highest BCUT2D eigenvalue weighted by Gasteiger charge is 2.26. The minimum atomic E-state index is -0.537. The number of aryl methyl sites for hydroxylation is 1. The summed E-state index contributed by atoms with van der Waals surface area (Å²) in [5.74, 6) is -1.24. The van der Waals surface area contributed by atoms with Gasteiger partial charge in [0.1, 0.15) is 11.6 Å². The van der Waals surface area contributed by atoms with Crippen molar-refractivity contribution in [2.75, 3.05) is 13.1 Å². The van der Waals surface area contributed by atoms with E-state index in [1.165, 1.54) is 23.5 Å². The molecule has 32 heavy (non-hydrogen) atoms. The molecule has 3 rings (SSSR count). The summed E-state index contributed by atoms with van der Waals surface area (Å²) in [6.07, 6.45) is 1.64. The van der Waals surface area contributed by atoms with Crippen LogP contribution in [0.2, 0.25) is 0 Å². The fourth-order valence-electron chi connectivity index (χ4n) is 3.67. The zero-order valence-electron chi connectivity index (χ0n) is 18.1. The van der Waals surface area contributed by atoms with Crippen LogP contribution in [0.25, 0.3) is 0 Å². The van der Waals surface area contributed by atoms with Crippen LogP contribution < -0.4 is 5.32 Å². The molecule has 2 aromatic rings. The summed E-state index contributed by atoms with van der Waals surface area (Å²) in [4.78, 5) is 52.1. The maximum Gasteiger partial charge on any atom is 0.256 e. The number of hydrogen-bond acceptors (Lipinski definition) is 5. The van der Waals surface area contributed by atoms with Crippen LogP contribution in [0.1, 0.15) is 63.4 Å². The SMILES string of the molecule is Cc1ccc(C(=O)CCC(=O)CCC(=O)NC2CCN(C(=O)c3ccccc3F)CC2)s1. The number of nitrogens with one attached hydrogen (secondary N) is 1. The first-order valence-electron chi connectivity index (χ1n) is 10.8. The summed E-state index contributed by atoms with van der Waals surface area (Å²) in [5, 5.41) is 2.91. The average molecular weight is 459 g/mol. The molecule has 2 heterocycles. The second-order valence-corrected chi connectivity index (χ2v) is 9.27. The van der Waals surface area contributed by atoms with Crippen LogP contribution >= 0.6 is 11.3 Å². The number of nitrogens with zero attached hydrogens (tertiary/aromatic N) is 1. The molecule has 1 aromatic heterocycles. The molecule has 1 aromatic carbocycles. The van der Waals surface area contributed by atoms with Crippen molar-refractivity contribution >= 4 is 34.7 Å². The number of hydrogen-bond donors (Lipinski definition) is 1. The van der Waals surface area contributed by atoms with E-state index in [1.54, 1.807) is 23.1 Å². The van der Waals surface area contributed by atoms with E-state index in [1.807, 2.05) is 13.0 Å². The number of ketones is 2. The van der Waals surface area contributed by atoms with Crippen LogP contribution in [0, 0.1) is 12.7 Å². The molecule has 1 fully saturated rings. The van der Waals surface area contributed by atoms with Gasteiger partial charge in [-0.3, -0.25) is 19.2 Å². The Morgan fingerprint density at radius 3 is 2.34 bits per heavy atom.